The van der Waals surface area contributed by atoms with Crippen molar-refractivity contribution in [3.8, 4) is 11.9 Å². The van der Waals surface area contributed by atoms with Crippen molar-refractivity contribution in [1.82, 2.24) is 10.3 Å². The molecule has 3 rings (SSSR count). The lowest BCUT2D eigenvalue weighted by atomic mass is 9.99. The first kappa shape index (κ1) is 19.5. The van der Waals surface area contributed by atoms with E-state index >= 15 is 0 Å². The number of nitriles is 1. The highest BCUT2D eigenvalue weighted by Gasteiger charge is 2.14. The molecule has 0 saturated carbocycles. The van der Waals surface area contributed by atoms with Crippen LogP contribution in [-0.2, 0) is 17.7 Å². The number of nitrogens with zero attached hydrogens (tertiary/aromatic N) is 3. The Kier molecular flexibility index (Phi) is 6.37. The Morgan fingerprint density at radius 3 is 2.79 bits per heavy atom. The molecule has 0 saturated heterocycles. The van der Waals surface area contributed by atoms with E-state index in [1.165, 1.54) is 17.3 Å². The van der Waals surface area contributed by atoms with Gasteiger partial charge in [0.05, 0.1) is 17.9 Å². The van der Waals surface area contributed by atoms with Gasteiger partial charge in [-0.05, 0) is 61.7 Å². The van der Waals surface area contributed by atoms with Crippen molar-refractivity contribution >= 4 is 11.6 Å². The van der Waals surface area contributed by atoms with E-state index in [4.69, 9.17) is 15.5 Å². The van der Waals surface area contributed by atoms with Crippen molar-refractivity contribution < 1.29 is 9.57 Å². The Morgan fingerprint density at radius 2 is 2.07 bits per heavy atom. The number of nitrogens with one attached hydrogen (secondary N) is 1. The van der Waals surface area contributed by atoms with Crippen molar-refractivity contribution in [3.05, 3.63) is 64.9 Å². The van der Waals surface area contributed by atoms with E-state index < -0.39 is 0 Å². The lowest BCUT2D eigenvalue weighted by molar-refractivity contribution is 0.320. The molecule has 28 heavy (non-hydrogen) atoms. The number of aliphatic imine (C=N–C) groups is 1. The molecule has 0 bridgehead atoms. The van der Waals surface area contributed by atoms with Crippen LogP contribution in [0.5, 0.6) is 5.88 Å². The molecule has 7 heteroatoms. The highest BCUT2D eigenvalue weighted by Crippen LogP contribution is 2.22. The molecule has 1 aromatic heterocycles. The van der Waals surface area contributed by atoms with Crippen molar-refractivity contribution in [2.24, 2.45) is 10.9 Å². The highest BCUT2D eigenvalue weighted by molar-refractivity contribution is 5.97. The fourth-order valence-corrected chi connectivity index (χ4v) is 3.10. The fraction of sp³-hybridized carbons (Fsp3) is 0.286. The first-order valence-corrected chi connectivity index (χ1v) is 9.16. The lowest BCUT2D eigenvalue weighted by Crippen LogP contribution is -2.16. The third kappa shape index (κ3) is 4.36. The lowest BCUT2D eigenvalue weighted by Gasteiger charge is -2.10. The van der Waals surface area contributed by atoms with Crippen LogP contribution in [0.2, 0.25) is 0 Å². The van der Waals surface area contributed by atoms with Crippen LogP contribution < -0.4 is 16.0 Å². The Bertz CT molecular complexity index is 946. The maximum atomic E-state index is 9.31. The summed E-state index contributed by atoms with van der Waals surface area (Å²) in [5.41, 5.74) is 4.82. The third-order valence-corrected chi connectivity index (χ3v) is 4.53. The summed E-state index contributed by atoms with van der Waals surface area (Å²) in [6, 6.07) is 9.87. The predicted molar refractivity (Wildman–Crippen MR) is 108 cm³/mol. The second-order valence-electron chi connectivity index (χ2n) is 6.34. The van der Waals surface area contributed by atoms with Gasteiger partial charge in [-0.1, -0.05) is 18.7 Å². The molecule has 0 aliphatic carbocycles. The van der Waals surface area contributed by atoms with Gasteiger partial charge < -0.3 is 14.9 Å². The van der Waals surface area contributed by atoms with Gasteiger partial charge in [-0.25, -0.2) is 9.98 Å². The molecule has 0 unspecified atom stereocenters. The Morgan fingerprint density at radius 1 is 1.29 bits per heavy atom. The minimum Gasteiger partial charge on any atom is -0.477 e. The van der Waals surface area contributed by atoms with Gasteiger partial charge in [0, 0.05) is 6.20 Å². The molecule has 2 heterocycles. The summed E-state index contributed by atoms with van der Waals surface area (Å²) in [4.78, 5) is 13.5. The molecule has 0 radical (unpaired) electrons. The summed E-state index contributed by atoms with van der Waals surface area (Å²) >= 11 is 0. The molecule has 7 nitrogen and oxygen atoms in total. The number of nitrogens with two attached hydrogens (primary N) is 1. The van der Waals surface area contributed by atoms with E-state index in [1.807, 2.05) is 13.0 Å². The van der Waals surface area contributed by atoms with E-state index in [1.54, 1.807) is 6.07 Å². The van der Waals surface area contributed by atoms with Gasteiger partial charge >= 0.3 is 0 Å². The molecule has 0 atom stereocenters. The van der Waals surface area contributed by atoms with E-state index in [2.05, 4.69) is 40.1 Å². The zero-order valence-corrected chi connectivity index (χ0v) is 15.9. The third-order valence-electron chi connectivity index (χ3n) is 4.53. The van der Waals surface area contributed by atoms with Gasteiger partial charge in [-0.15, -0.1) is 0 Å². The number of rotatable bonds is 5. The number of hydrogen-bond acceptors (Lipinski definition) is 7. The van der Waals surface area contributed by atoms with Crippen molar-refractivity contribution in [2.45, 2.75) is 19.8 Å². The van der Waals surface area contributed by atoms with Crippen molar-refractivity contribution in [1.29, 1.82) is 5.26 Å². The number of ether oxygens (including phenoxy) is 1. The van der Waals surface area contributed by atoms with Crippen molar-refractivity contribution in [3.63, 3.8) is 0 Å². The predicted octanol–water partition coefficient (Wildman–Crippen LogP) is 2.35. The summed E-state index contributed by atoms with van der Waals surface area (Å²) in [6.45, 7) is 8.24. The number of hydrogen-bond donors (Lipinski definition) is 2. The molecular weight excluding hydrogens is 354 g/mol. The van der Waals surface area contributed by atoms with Crippen LogP contribution >= 0.6 is 0 Å². The van der Waals surface area contributed by atoms with Crippen LogP contribution in [0, 0.1) is 11.3 Å². The number of fused-ring (bicyclic) bond motifs is 1. The number of pyridine rings is 1. The van der Waals surface area contributed by atoms with Crippen LogP contribution in [0.4, 0.5) is 0 Å². The largest absolute Gasteiger partial charge is 0.477 e. The molecule has 1 aliphatic heterocycles. The Hall–Kier alpha value is -3.21. The van der Waals surface area contributed by atoms with E-state index in [9.17, 15) is 5.26 Å². The molecule has 1 aliphatic rings. The van der Waals surface area contributed by atoms with Crippen molar-refractivity contribution in [2.75, 3.05) is 19.7 Å². The highest BCUT2D eigenvalue weighted by atomic mass is 16.6. The first-order valence-electron chi connectivity index (χ1n) is 9.16. The van der Waals surface area contributed by atoms with Crippen LogP contribution in [0.15, 0.2) is 42.0 Å². The van der Waals surface area contributed by atoms with Gasteiger partial charge in [-0.2, -0.15) is 11.2 Å². The fourth-order valence-electron chi connectivity index (χ4n) is 3.10. The molecule has 144 valence electrons. The number of benzene rings is 1. The normalized spacial score (nSPS) is 13.8. The first-order chi connectivity index (χ1) is 13.7. The average Bonchev–Trinajstić information content (AvgIpc) is 2.97. The minimum atomic E-state index is 0.133. The Labute approximate surface area is 164 Å². The Balaban J connectivity index is 1.89. The molecule has 2 aromatic rings. The van der Waals surface area contributed by atoms with E-state index in [0.29, 0.717) is 17.9 Å². The summed E-state index contributed by atoms with van der Waals surface area (Å²) in [5.74, 6) is 5.83. The average molecular weight is 377 g/mol. The zero-order valence-electron chi connectivity index (χ0n) is 15.9. The number of aromatic nitrogens is 1. The summed E-state index contributed by atoms with van der Waals surface area (Å²) in [5, 5.41) is 12.7. The molecule has 1 aromatic carbocycles. The second-order valence-corrected chi connectivity index (χ2v) is 6.34. The molecule has 0 amide bonds. The zero-order chi connectivity index (χ0) is 19.9. The van der Waals surface area contributed by atoms with Crippen LogP contribution in [0.1, 0.15) is 34.7 Å². The minimum absolute atomic E-state index is 0.133. The van der Waals surface area contributed by atoms with E-state index in [-0.39, 0.29) is 17.3 Å². The van der Waals surface area contributed by atoms with Crippen LogP contribution in [0.25, 0.3) is 5.70 Å². The smallest absolute Gasteiger partial charge is 0.246 e. The summed E-state index contributed by atoms with van der Waals surface area (Å²) < 4.78 is 5.34. The van der Waals surface area contributed by atoms with Gasteiger partial charge in [0.25, 0.3) is 0 Å². The molecule has 0 spiro atoms. The van der Waals surface area contributed by atoms with Crippen LogP contribution in [-0.4, -0.2) is 30.6 Å². The van der Waals surface area contributed by atoms with Gasteiger partial charge in [0.2, 0.25) is 11.8 Å². The molecule has 0 fully saturated rings. The van der Waals surface area contributed by atoms with Gasteiger partial charge in [-0.3, -0.25) is 0 Å². The summed E-state index contributed by atoms with van der Waals surface area (Å²) in [7, 11) is 0. The SMILES string of the molecule is C=C(N=C(ON)c1cnc(OCC)c(C#N)c1)c1ccc2c(c1)CCNCC2. The maximum Gasteiger partial charge on any atom is 0.246 e. The quantitative estimate of drug-likeness (QED) is 0.471. The molecule has 3 N–H and O–H groups in total. The standard InChI is InChI=1S/C21H23N5O2/c1-3-27-20-18(12-22)11-19(13-25-20)21(28-23)26-14(2)16-5-4-15-6-8-24-9-7-17(15)10-16/h4-5,10-11,13,24H,2-3,6-9,23H2,1H3. The molecular formula is C21H23N5O2. The van der Waals surface area contributed by atoms with E-state index in [0.717, 1.165) is 31.5 Å². The monoisotopic (exact) mass is 377 g/mol. The maximum absolute atomic E-state index is 9.31. The van der Waals surface area contributed by atoms with Crippen LogP contribution in [0.3, 0.4) is 0 Å². The second kappa shape index (κ2) is 9.13. The van der Waals surface area contributed by atoms with Gasteiger partial charge in [0.15, 0.2) is 0 Å². The topological polar surface area (TPSA) is 106 Å². The summed E-state index contributed by atoms with van der Waals surface area (Å²) in [6.07, 6.45) is 3.49. The van der Waals surface area contributed by atoms with Gasteiger partial charge in [0.1, 0.15) is 11.6 Å².